The molecule has 0 unspecified atom stereocenters. The number of pyridine rings is 1. The number of anilines is 2. The van der Waals surface area contributed by atoms with Crippen molar-refractivity contribution in [3.05, 3.63) is 53.9 Å². The molecule has 1 aromatic carbocycles. The molecule has 1 aliphatic rings. The van der Waals surface area contributed by atoms with Crippen LogP contribution in [-0.4, -0.2) is 47.8 Å². The SMILES string of the molecule is CN(Cc1ccc(-c2nnc(C(F)F)o2)cn1)c1cc(F)ccc1N(C=O)C1CCNCC1. The van der Waals surface area contributed by atoms with Crippen LogP contribution in [0.1, 0.15) is 30.9 Å². The van der Waals surface area contributed by atoms with Gasteiger partial charge in [0.25, 0.3) is 5.89 Å². The van der Waals surface area contributed by atoms with Gasteiger partial charge in [-0.2, -0.15) is 8.78 Å². The number of hydrogen-bond acceptors (Lipinski definition) is 7. The number of benzene rings is 1. The van der Waals surface area contributed by atoms with Gasteiger partial charge in [-0.3, -0.25) is 9.78 Å². The maximum atomic E-state index is 14.1. The maximum absolute atomic E-state index is 14.1. The lowest BCUT2D eigenvalue weighted by Crippen LogP contribution is -2.43. The Hall–Kier alpha value is -3.47. The largest absolute Gasteiger partial charge is 0.415 e. The van der Waals surface area contributed by atoms with Crippen LogP contribution in [-0.2, 0) is 11.3 Å². The van der Waals surface area contributed by atoms with Crippen molar-refractivity contribution < 1.29 is 22.4 Å². The van der Waals surface area contributed by atoms with E-state index >= 15 is 0 Å². The summed E-state index contributed by atoms with van der Waals surface area (Å²) >= 11 is 0. The number of aromatic nitrogens is 3. The summed E-state index contributed by atoms with van der Waals surface area (Å²) < 4.78 is 44.4. The lowest BCUT2D eigenvalue weighted by Gasteiger charge is -2.34. The number of nitrogens with zero attached hydrogens (tertiary/aromatic N) is 5. The number of carbonyl (C=O) groups is 1. The zero-order chi connectivity index (χ0) is 23.4. The summed E-state index contributed by atoms with van der Waals surface area (Å²) in [4.78, 5) is 19.8. The molecule has 2 aromatic heterocycles. The molecule has 0 radical (unpaired) electrons. The summed E-state index contributed by atoms with van der Waals surface area (Å²) in [7, 11) is 1.78. The Kier molecular flexibility index (Phi) is 6.87. The van der Waals surface area contributed by atoms with Crippen LogP contribution in [0.3, 0.4) is 0 Å². The highest BCUT2D eigenvalue weighted by Gasteiger charge is 2.24. The first-order chi connectivity index (χ1) is 16.0. The second-order valence-electron chi connectivity index (χ2n) is 7.77. The van der Waals surface area contributed by atoms with Gasteiger partial charge < -0.3 is 19.5 Å². The van der Waals surface area contributed by atoms with Crippen molar-refractivity contribution in [2.75, 3.05) is 29.9 Å². The zero-order valence-electron chi connectivity index (χ0n) is 17.9. The third kappa shape index (κ3) is 5.14. The number of piperidine rings is 1. The average Bonchev–Trinajstić information content (AvgIpc) is 3.32. The molecule has 0 saturated carbocycles. The van der Waals surface area contributed by atoms with Gasteiger partial charge in [0.05, 0.1) is 29.2 Å². The standard InChI is InChI=1S/C22H23F3N6O2/c1-30(12-16-4-2-14(11-27-16)21-28-29-22(33-21)20(24)25)19-10-15(23)3-5-18(19)31(13-32)17-6-8-26-9-7-17/h2-5,10-11,13,17,20,26H,6-9,12H2,1H3. The van der Waals surface area contributed by atoms with Crippen molar-refractivity contribution in [2.24, 2.45) is 0 Å². The zero-order valence-corrected chi connectivity index (χ0v) is 17.9. The second-order valence-corrected chi connectivity index (χ2v) is 7.77. The fraction of sp³-hybridized carbons (Fsp3) is 0.364. The highest BCUT2D eigenvalue weighted by Crippen LogP contribution is 2.33. The predicted octanol–water partition coefficient (Wildman–Crippen LogP) is 3.56. The van der Waals surface area contributed by atoms with Gasteiger partial charge in [-0.05, 0) is 56.3 Å². The molecule has 0 bridgehead atoms. The molecule has 174 valence electrons. The summed E-state index contributed by atoms with van der Waals surface area (Å²) in [5.74, 6) is -1.21. The molecular formula is C22H23F3N6O2. The van der Waals surface area contributed by atoms with Crippen molar-refractivity contribution in [3.8, 4) is 11.5 Å². The van der Waals surface area contributed by atoms with E-state index in [1.165, 1.54) is 18.3 Å². The quantitative estimate of drug-likeness (QED) is 0.515. The van der Waals surface area contributed by atoms with Gasteiger partial charge >= 0.3 is 6.43 Å². The molecule has 3 aromatic rings. The van der Waals surface area contributed by atoms with Crippen LogP contribution in [0, 0.1) is 5.82 Å². The molecule has 33 heavy (non-hydrogen) atoms. The monoisotopic (exact) mass is 460 g/mol. The van der Waals surface area contributed by atoms with Gasteiger partial charge in [-0.1, -0.05) is 0 Å². The fourth-order valence-electron chi connectivity index (χ4n) is 3.86. The average molecular weight is 460 g/mol. The molecule has 1 fully saturated rings. The first kappa shape index (κ1) is 22.7. The fourth-order valence-corrected chi connectivity index (χ4v) is 3.86. The Morgan fingerprint density at radius 2 is 1.97 bits per heavy atom. The van der Waals surface area contributed by atoms with E-state index in [2.05, 4.69) is 20.5 Å². The van der Waals surface area contributed by atoms with E-state index in [1.807, 2.05) is 0 Å². The van der Waals surface area contributed by atoms with Crippen LogP contribution in [0.15, 0.2) is 40.9 Å². The van der Waals surface area contributed by atoms with Crippen LogP contribution in [0.4, 0.5) is 24.5 Å². The van der Waals surface area contributed by atoms with Crippen LogP contribution < -0.4 is 15.1 Å². The molecule has 1 amide bonds. The Bertz CT molecular complexity index is 1090. The van der Waals surface area contributed by atoms with Gasteiger partial charge in [0.2, 0.25) is 12.3 Å². The first-order valence-electron chi connectivity index (χ1n) is 10.5. The molecule has 4 rings (SSSR count). The molecule has 1 saturated heterocycles. The molecule has 3 heterocycles. The van der Waals surface area contributed by atoms with Crippen molar-refractivity contribution in [1.82, 2.24) is 20.5 Å². The van der Waals surface area contributed by atoms with E-state index in [0.717, 1.165) is 32.3 Å². The van der Waals surface area contributed by atoms with Gasteiger partial charge in [0.1, 0.15) is 5.82 Å². The molecule has 1 N–H and O–H groups in total. The minimum Gasteiger partial charge on any atom is -0.415 e. The third-order valence-electron chi connectivity index (χ3n) is 5.54. The lowest BCUT2D eigenvalue weighted by atomic mass is 10.0. The van der Waals surface area contributed by atoms with Gasteiger partial charge in [0.15, 0.2) is 0 Å². The highest BCUT2D eigenvalue weighted by molar-refractivity contribution is 5.84. The second kappa shape index (κ2) is 9.99. The first-order valence-corrected chi connectivity index (χ1v) is 10.5. The highest BCUT2D eigenvalue weighted by atomic mass is 19.3. The number of amides is 1. The smallest absolute Gasteiger partial charge is 0.314 e. The molecule has 8 nitrogen and oxygen atoms in total. The molecule has 0 aliphatic carbocycles. The summed E-state index contributed by atoms with van der Waals surface area (Å²) in [5.41, 5.74) is 2.24. The lowest BCUT2D eigenvalue weighted by molar-refractivity contribution is -0.108. The summed E-state index contributed by atoms with van der Waals surface area (Å²) in [6.45, 7) is 1.95. The molecule has 0 atom stereocenters. The van der Waals surface area contributed by atoms with Crippen LogP contribution in [0.25, 0.3) is 11.5 Å². The predicted molar refractivity (Wildman–Crippen MR) is 115 cm³/mol. The number of hydrogen-bond donors (Lipinski definition) is 1. The summed E-state index contributed by atoms with van der Waals surface area (Å²) in [6, 6.07) is 7.72. The minimum atomic E-state index is -2.84. The van der Waals surface area contributed by atoms with E-state index in [9.17, 15) is 18.0 Å². The molecular weight excluding hydrogens is 437 g/mol. The van der Waals surface area contributed by atoms with E-state index < -0.39 is 18.1 Å². The Balaban J connectivity index is 1.53. The topological polar surface area (TPSA) is 87.4 Å². The number of rotatable bonds is 8. The molecule has 0 spiro atoms. The summed E-state index contributed by atoms with van der Waals surface area (Å²) in [5, 5.41) is 10.2. The van der Waals surface area contributed by atoms with Crippen molar-refractivity contribution in [3.63, 3.8) is 0 Å². The Morgan fingerprint density at radius 3 is 2.61 bits per heavy atom. The molecule has 11 heteroatoms. The van der Waals surface area contributed by atoms with Crippen LogP contribution in [0.5, 0.6) is 0 Å². The number of alkyl halides is 2. The van der Waals surface area contributed by atoms with Gasteiger partial charge in [-0.25, -0.2) is 4.39 Å². The number of nitrogens with one attached hydrogen (secondary N) is 1. The maximum Gasteiger partial charge on any atom is 0.314 e. The Labute approximate surface area is 188 Å². The van der Waals surface area contributed by atoms with E-state index in [-0.39, 0.29) is 11.9 Å². The van der Waals surface area contributed by atoms with Crippen molar-refractivity contribution in [2.45, 2.75) is 31.9 Å². The van der Waals surface area contributed by atoms with Crippen LogP contribution >= 0.6 is 0 Å². The molecule has 1 aliphatic heterocycles. The van der Waals surface area contributed by atoms with E-state index in [0.29, 0.717) is 29.2 Å². The van der Waals surface area contributed by atoms with Crippen molar-refractivity contribution in [1.29, 1.82) is 0 Å². The third-order valence-corrected chi connectivity index (χ3v) is 5.54. The number of carbonyl (C=O) groups excluding carboxylic acids is 1. The van der Waals surface area contributed by atoms with E-state index in [1.54, 1.807) is 35.0 Å². The Morgan fingerprint density at radius 1 is 1.18 bits per heavy atom. The van der Waals surface area contributed by atoms with Gasteiger partial charge in [0, 0.05) is 19.3 Å². The normalized spacial score (nSPS) is 14.5. The number of halogens is 3. The van der Waals surface area contributed by atoms with Gasteiger partial charge in [-0.15, -0.1) is 10.2 Å². The summed E-state index contributed by atoms with van der Waals surface area (Å²) in [6.07, 6.45) is 1.02. The van der Waals surface area contributed by atoms with Crippen LogP contribution in [0.2, 0.25) is 0 Å². The minimum absolute atomic E-state index is 0.0336. The van der Waals surface area contributed by atoms with E-state index in [4.69, 9.17) is 4.42 Å². The van der Waals surface area contributed by atoms with Crippen molar-refractivity contribution >= 4 is 17.8 Å².